The van der Waals surface area contributed by atoms with E-state index in [4.69, 9.17) is 14.5 Å². The number of nitrogens with zero attached hydrogens (tertiary/aromatic N) is 4. The van der Waals surface area contributed by atoms with E-state index in [1.807, 2.05) is 41.8 Å². The molecule has 0 aliphatic rings. The Morgan fingerprint density at radius 3 is 2.52 bits per heavy atom. The van der Waals surface area contributed by atoms with Crippen molar-refractivity contribution in [2.45, 2.75) is 26.7 Å². The first kappa shape index (κ1) is 17.0. The van der Waals surface area contributed by atoms with Gasteiger partial charge in [0, 0.05) is 12.3 Å². The van der Waals surface area contributed by atoms with Crippen LogP contribution in [0.25, 0.3) is 5.65 Å². The van der Waals surface area contributed by atoms with Crippen molar-refractivity contribution in [2.24, 2.45) is 10.2 Å². The zero-order valence-corrected chi connectivity index (χ0v) is 15.1. The lowest BCUT2D eigenvalue weighted by Gasteiger charge is -2.06. The molecule has 0 radical (unpaired) electrons. The van der Waals surface area contributed by atoms with Gasteiger partial charge in [-0.15, -0.1) is 10.2 Å². The number of aryl methyl sites for hydroxylation is 1. The van der Waals surface area contributed by atoms with E-state index in [2.05, 4.69) is 24.1 Å². The summed E-state index contributed by atoms with van der Waals surface area (Å²) in [4.78, 5) is 4.71. The molecule has 0 saturated carbocycles. The Morgan fingerprint density at radius 1 is 1.04 bits per heavy atom. The maximum absolute atomic E-state index is 5.38. The molecule has 6 nitrogen and oxygen atoms in total. The van der Waals surface area contributed by atoms with E-state index in [0.29, 0.717) is 17.2 Å². The van der Waals surface area contributed by atoms with Crippen LogP contribution < -0.4 is 9.47 Å². The minimum Gasteiger partial charge on any atom is -0.497 e. The van der Waals surface area contributed by atoms with Crippen molar-refractivity contribution >= 4 is 17.2 Å². The number of methoxy groups -OCH3 is 2. The number of azo groups is 1. The molecule has 0 unspecified atom stereocenters. The molecule has 25 heavy (non-hydrogen) atoms. The molecule has 3 aromatic rings. The van der Waals surface area contributed by atoms with Gasteiger partial charge in [0.15, 0.2) is 5.82 Å². The lowest BCUT2D eigenvalue weighted by atomic mass is 10.1. The molecule has 0 N–H and O–H groups in total. The fourth-order valence-corrected chi connectivity index (χ4v) is 2.61. The van der Waals surface area contributed by atoms with Gasteiger partial charge in [-0.3, -0.25) is 4.40 Å². The smallest absolute Gasteiger partial charge is 0.183 e. The largest absolute Gasteiger partial charge is 0.497 e. The minimum atomic E-state index is 0.243. The van der Waals surface area contributed by atoms with Gasteiger partial charge in [0.05, 0.1) is 19.9 Å². The highest BCUT2D eigenvalue weighted by Gasteiger charge is 2.15. The summed E-state index contributed by atoms with van der Waals surface area (Å²) in [5.41, 5.74) is 3.59. The van der Waals surface area contributed by atoms with E-state index in [1.54, 1.807) is 20.3 Å². The third-order valence-corrected chi connectivity index (χ3v) is 3.97. The van der Waals surface area contributed by atoms with E-state index in [0.717, 1.165) is 22.7 Å². The molecule has 2 heterocycles. The number of imidazole rings is 1. The highest BCUT2D eigenvalue weighted by atomic mass is 16.5. The highest BCUT2D eigenvalue weighted by molar-refractivity contribution is 5.57. The van der Waals surface area contributed by atoms with Gasteiger partial charge < -0.3 is 9.47 Å². The van der Waals surface area contributed by atoms with Gasteiger partial charge >= 0.3 is 0 Å². The molecule has 0 saturated heterocycles. The van der Waals surface area contributed by atoms with Crippen molar-refractivity contribution in [2.75, 3.05) is 14.2 Å². The predicted molar refractivity (Wildman–Crippen MR) is 97.7 cm³/mol. The van der Waals surface area contributed by atoms with Gasteiger partial charge in [-0.2, -0.15) is 0 Å². The first-order valence-electron chi connectivity index (χ1n) is 8.16. The number of rotatable bonds is 5. The van der Waals surface area contributed by atoms with E-state index in [1.165, 1.54) is 0 Å². The van der Waals surface area contributed by atoms with Gasteiger partial charge in [0.2, 0.25) is 0 Å². The Labute approximate surface area is 147 Å². The zero-order chi connectivity index (χ0) is 18.0. The number of pyridine rings is 1. The number of fused-ring (bicyclic) bond motifs is 1. The van der Waals surface area contributed by atoms with E-state index in [-0.39, 0.29) is 5.92 Å². The summed E-state index contributed by atoms with van der Waals surface area (Å²) in [7, 11) is 3.22. The first-order chi connectivity index (χ1) is 12.0. The van der Waals surface area contributed by atoms with Crippen LogP contribution in [0.2, 0.25) is 0 Å². The van der Waals surface area contributed by atoms with Gasteiger partial charge in [-0.25, -0.2) is 4.98 Å². The summed E-state index contributed by atoms with van der Waals surface area (Å²) in [6.07, 6.45) is 1.98. The first-order valence-corrected chi connectivity index (χ1v) is 8.16. The fraction of sp³-hybridized carbons (Fsp3) is 0.316. The summed E-state index contributed by atoms with van der Waals surface area (Å²) in [6.45, 7) is 6.25. The number of aromatic nitrogens is 2. The molecule has 0 bridgehead atoms. The summed E-state index contributed by atoms with van der Waals surface area (Å²) >= 11 is 0. The van der Waals surface area contributed by atoms with Gasteiger partial charge in [0.1, 0.15) is 22.8 Å². The quantitative estimate of drug-likeness (QED) is 0.601. The SMILES string of the molecule is COc1ccc(N=Nc2c(C(C)C)nc3cc(C)ccn23)c(OC)c1. The Balaban J connectivity index is 2.08. The summed E-state index contributed by atoms with van der Waals surface area (Å²) in [5, 5.41) is 8.88. The molecule has 6 heteroatoms. The van der Waals surface area contributed by atoms with E-state index in [9.17, 15) is 0 Å². The summed E-state index contributed by atoms with van der Waals surface area (Å²) in [6, 6.07) is 9.52. The molecular weight excluding hydrogens is 316 g/mol. The highest BCUT2D eigenvalue weighted by Crippen LogP contribution is 2.34. The molecule has 0 atom stereocenters. The van der Waals surface area contributed by atoms with Crippen LogP contribution in [0.3, 0.4) is 0 Å². The molecule has 3 rings (SSSR count). The van der Waals surface area contributed by atoms with Gasteiger partial charge in [-0.1, -0.05) is 13.8 Å². The Bertz CT molecular complexity index is 929. The topological polar surface area (TPSA) is 60.5 Å². The fourth-order valence-electron chi connectivity index (χ4n) is 2.61. The monoisotopic (exact) mass is 338 g/mol. The normalized spacial score (nSPS) is 11.6. The molecule has 1 aromatic carbocycles. The Morgan fingerprint density at radius 2 is 1.84 bits per heavy atom. The van der Waals surface area contributed by atoms with Gasteiger partial charge in [0.25, 0.3) is 0 Å². The number of hydrogen-bond acceptors (Lipinski definition) is 5. The van der Waals surface area contributed by atoms with Gasteiger partial charge in [-0.05, 0) is 42.7 Å². The summed E-state index contributed by atoms with van der Waals surface area (Å²) < 4.78 is 12.6. The molecular formula is C19H22N4O2. The third-order valence-electron chi connectivity index (χ3n) is 3.97. The average molecular weight is 338 g/mol. The molecule has 0 amide bonds. The van der Waals surface area contributed by atoms with Crippen molar-refractivity contribution in [3.8, 4) is 11.5 Å². The second-order valence-electron chi connectivity index (χ2n) is 6.15. The lowest BCUT2D eigenvalue weighted by molar-refractivity contribution is 0.395. The van der Waals surface area contributed by atoms with Crippen LogP contribution in [0.1, 0.15) is 31.0 Å². The average Bonchev–Trinajstić information content (AvgIpc) is 2.97. The maximum Gasteiger partial charge on any atom is 0.183 e. The summed E-state index contributed by atoms with van der Waals surface area (Å²) in [5.74, 6) is 2.30. The molecule has 0 aliphatic carbocycles. The van der Waals surface area contributed by atoms with Crippen LogP contribution in [0, 0.1) is 6.92 Å². The van der Waals surface area contributed by atoms with E-state index >= 15 is 0 Å². The molecule has 2 aromatic heterocycles. The standard InChI is InChI=1S/C19H22N4O2/c1-12(2)18-19(23-9-8-13(3)10-17(23)20-18)22-21-15-7-6-14(24-4)11-16(15)25-5/h6-12H,1-5H3. The number of hydrogen-bond donors (Lipinski definition) is 0. The Hall–Kier alpha value is -2.89. The van der Waals surface area contributed by atoms with Crippen molar-refractivity contribution in [1.29, 1.82) is 0 Å². The molecule has 0 fully saturated rings. The molecule has 130 valence electrons. The van der Waals surface area contributed by atoms with Crippen LogP contribution in [0.15, 0.2) is 46.8 Å². The second kappa shape index (κ2) is 6.93. The van der Waals surface area contributed by atoms with Crippen LogP contribution in [-0.2, 0) is 0 Å². The second-order valence-corrected chi connectivity index (χ2v) is 6.15. The van der Waals surface area contributed by atoms with Crippen molar-refractivity contribution in [3.05, 3.63) is 47.8 Å². The van der Waals surface area contributed by atoms with Crippen LogP contribution in [0.5, 0.6) is 11.5 Å². The van der Waals surface area contributed by atoms with Crippen LogP contribution in [0.4, 0.5) is 11.5 Å². The zero-order valence-electron chi connectivity index (χ0n) is 15.1. The van der Waals surface area contributed by atoms with Crippen LogP contribution in [-0.4, -0.2) is 23.6 Å². The Kier molecular flexibility index (Phi) is 4.70. The van der Waals surface area contributed by atoms with Crippen molar-refractivity contribution in [1.82, 2.24) is 9.38 Å². The minimum absolute atomic E-state index is 0.243. The third kappa shape index (κ3) is 3.33. The lowest BCUT2D eigenvalue weighted by Crippen LogP contribution is -1.88. The number of ether oxygens (including phenoxy) is 2. The maximum atomic E-state index is 5.38. The van der Waals surface area contributed by atoms with Crippen molar-refractivity contribution in [3.63, 3.8) is 0 Å². The van der Waals surface area contributed by atoms with E-state index < -0.39 is 0 Å². The number of benzene rings is 1. The molecule has 0 aliphatic heterocycles. The predicted octanol–water partition coefficient (Wildman–Crippen LogP) is 5.20. The van der Waals surface area contributed by atoms with Crippen molar-refractivity contribution < 1.29 is 9.47 Å². The van der Waals surface area contributed by atoms with Crippen LogP contribution >= 0.6 is 0 Å². The molecule has 0 spiro atoms.